The summed E-state index contributed by atoms with van der Waals surface area (Å²) in [6.07, 6.45) is 4.10. The van der Waals surface area contributed by atoms with Crippen LogP contribution < -0.4 is 4.74 Å². The number of hydrogen-bond acceptors (Lipinski definition) is 6. The molecule has 2 aliphatic rings. The molecule has 3 aromatic rings. The fraction of sp³-hybridized carbons (Fsp3) is 0.519. The van der Waals surface area contributed by atoms with E-state index < -0.39 is 12.8 Å². The van der Waals surface area contributed by atoms with E-state index >= 15 is 0 Å². The van der Waals surface area contributed by atoms with Gasteiger partial charge in [-0.2, -0.15) is 18.3 Å². The predicted octanol–water partition coefficient (Wildman–Crippen LogP) is 4.53. The third-order valence-corrected chi connectivity index (χ3v) is 7.23. The third-order valence-electron chi connectivity index (χ3n) is 7.23. The zero-order valence-corrected chi connectivity index (χ0v) is 20.6. The van der Waals surface area contributed by atoms with Gasteiger partial charge in [0.1, 0.15) is 0 Å². The molecule has 0 unspecified atom stereocenters. The quantitative estimate of drug-likeness (QED) is 0.410. The molecular formula is C27H31F3N4O3. The molecule has 37 heavy (non-hydrogen) atoms. The Bertz CT molecular complexity index is 1220. The second-order valence-corrected chi connectivity index (χ2v) is 9.90. The molecule has 1 saturated heterocycles. The van der Waals surface area contributed by atoms with Gasteiger partial charge in [0.25, 0.3) is 0 Å². The van der Waals surface area contributed by atoms with Gasteiger partial charge in [0.2, 0.25) is 5.88 Å². The highest BCUT2D eigenvalue weighted by Crippen LogP contribution is 2.27. The predicted molar refractivity (Wildman–Crippen MR) is 131 cm³/mol. The summed E-state index contributed by atoms with van der Waals surface area (Å²) in [6, 6.07) is 8.93. The molecule has 0 saturated carbocycles. The molecule has 0 aromatic carbocycles. The van der Waals surface area contributed by atoms with Gasteiger partial charge < -0.3 is 14.4 Å². The Morgan fingerprint density at radius 3 is 2.81 bits per heavy atom. The highest BCUT2D eigenvalue weighted by molar-refractivity contribution is 6.02. The number of alkyl halides is 3. The topological polar surface area (TPSA) is 69.0 Å². The van der Waals surface area contributed by atoms with Gasteiger partial charge in [-0.25, -0.2) is 9.50 Å². The number of aromatic nitrogens is 3. The monoisotopic (exact) mass is 516 g/mol. The van der Waals surface area contributed by atoms with Crippen molar-refractivity contribution in [2.75, 3.05) is 32.8 Å². The van der Waals surface area contributed by atoms with Crippen LogP contribution in [0.2, 0.25) is 0 Å². The number of carbonyl (C=O) groups excluding carboxylic acids is 1. The van der Waals surface area contributed by atoms with Crippen molar-refractivity contribution >= 4 is 11.3 Å². The summed E-state index contributed by atoms with van der Waals surface area (Å²) < 4.78 is 50.0. The van der Waals surface area contributed by atoms with Crippen molar-refractivity contribution in [3.05, 3.63) is 59.5 Å². The molecule has 5 rings (SSSR count). The number of rotatable bonds is 8. The van der Waals surface area contributed by atoms with Gasteiger partial charge in [-0.05, 0) is 55.4 Å². The van der Waals surface area contributed by atoms with Crippen molar-refractivity contribution in [1.82, 2.24) is 19.5 Å². The molecule has 198 valence electrons. The van der Waals surface area contributed by atoms with E-state index in [0.717, 1.165) is 62.1 Å². The molecular weight excluding hydrogens is 485 g/mol. The van der Waals surface area contributed by atoms with Crippen molar-refractivity contribution < 1.29 is 27.4 Å². The Labute approximate surface area is 213 Å². The van der Waals surface area contributed by atoms with Crippen molar-refractivity contribution in [2.24, 2.45) is 5.92 Å². The fourth-order valence-corrected chi connectivity index (χ4v) is 5.20. The van der Waals surface area contributed by atoms with Gasteiger partial charge in [0, 0.05) is 62.2 Å². The van der Waals surface area contributed by atoms with Crippen molar-refractivity contribution in [3.63, 3.8) is 0 Å². The smallest absolute Gasteiger partial charge is 0.422 e. The molecule has 0 aliphatic carbocycles. The zero-order valence-electron chi connectivity index (χ0n) is 20.6. The number of carbonyl (C=O) groups is 1. The average Bonchev–Trinajstić information content (AvgIpc) is 3.22. The van der Waals surface area contributed by atoms with E-state index in [4.69, 9.17) is 9.47 Å². The maximum Gasteiger partial charge on any atom is 0.422 e. The van der Waals surface area contributed by atoms with Crippen LogP contribution >= 0.6 is 0 Å². The van der Waals surface area contributed by atoms with Gasteiger partial charge in [-0.15, -0.1) is 0 Å². The minimum Gasteiger partial charge on any atom is -0.468 e. The lowest BCUT2D eigenvalue weighted by molar-refractivity contribution is -0.154. The van der Waals surface area contributed by atoms with Crippen LogP contribution in [-0.4, -0.2) is 70.4 Å². The van der Waals surface area contributed by atoms with Crippen molar-refractivity contribution in [2.45, 2.75) is 50.8 Å². The molecule has 5 heterocycles. The summed E-state index contributed by atoms with van der Waals surface area (Å²) in [6.45, 7) is 1.83. The van der Waals surface area contributed by atoms with Crippen LogP contribution in [0.5, 0.6) is 5.88 Å². The highest BCUT2D eigenvalue weighted by Gasteiger charge is 2.29. The van der Waals surface area contributed by atoms with Gasteiger partial charge in [0.15, 0.2) is 12.4 Å². The second kappa shape index (κ2) is 11.2. The van der Waals surface area contributed by atoms with Crippen LogP contribution in [0.25, 0.3) is 5.52 Å². The minimum absolute atomic E-state index is 0.0233. The summed E-state index contributed by atoms with van der Waals surface area (Å²) in [7, 11) is 0. The average molecular weight is 517 g/mol. The van der Waals surface area contributed by atoms with E-state index in [1.807, 2.05) is 30.5 Å². The zero-order chi connectivity index (χ0) is 25.8. The number of Topliss-reactive ketones (excluding diaryl/α,β-unsaturated/α-hetero) is 1. The number of nitrogens with zero attached hydrogens (tertiary/aromatic N) is 4. The first-order chi connectivity index (χ1) is 17.8. The summed E-state index contributed by atoms with van der Waals surface area (Å²) in [5, 5.41) is 4.23. The Kier molecular flexibility index (Phi) is 7.76. The van der Waals surface area contributed by atoms with Crippen LogP contribution in [0.3, 0.4) is 0 Å². The van der Waals surface area contributed by atoms with E-state index in [1.54, 1.807) is 10.7 Å². The fourth-order valence-electron chi connectivity index (χ4n) is 5.20. The van der Waals surface area contributed by atoms with Gasteiger partial charge >= 0.3 is 6.18 Å². The van der Waals surface area contributed by atoms with Crippen LogP contribution in [0, 0.1) is 5.92 Å². The standard InChI is InChI=1S/C27H31F3N4O3/c28-27(29,30)18-37-26-6-4-20-7-12-33(14-10-23(20)32-26)13-8-21-5-3-19(17-36-21)16-25(35)22-9-15-34-24(22)2-1-11-31-34/h1-2,4,6,9,11,15,19,21H,3,5,7-8,10,12-14,16-18H2/t19-,21-/m1/s1. The van der Waals surface area contributed by atoms with Crippen LogP contribution in [0.15, 0.2) is 42.7 Å². The van der Waals surface area contributed by atoms with Gasteiger partial charge in [-0.1, -0.05) is 6.07 Å². The second-order valence-electron chi connectivity index (χ2n) is 9.90. The van der Waals surface area contributed by atoms with Crippen LogP contribution in [-0.2, 0) is 17.6 Å². The number of ether oxygens (including phenoxy) is 2. The van der Waals surface area contributed by atoms with Gasteiger partial charge in [-0.3, -0.25) is 4.79 Å². The molecule has 10 heteroatoms. The SMILES string of the molecule is O=C(C[C@H]1CC[C@H](CCN2CCc3ccc(OCC(F)(F)F)nc3CC2)OC1)c1ccn2ncccc12. The summed E-state index contributed by atoms with van der Waals surface area (Å²) in [5.74, 6) is 0.380. The third kappa shape index (κ3) is 6.67. The molecule has 0 amide bonds. The van der Waals surface area contributed by atoms with E-state index in [2.05, 4.69) is 15.0 Å². The maximum absolute atomic E-state index is 12.9. The molecule has 7 nitrogen and oxygen atoms in total. The van der Waals surface area contributed by atoms with E-state index in [-0.39, 0.29) is 23.7 Å². The van der Waals surface area contributed by atoms with Crippen LogP contribution in [0.4, 0.5) is 13.2 Å². The van der Waals surface area contributed by atoms with E-state index in [1.165, 1.54) is 6.07 Å². The minimum atomic E-state index is -4.38. The molecule has 2 atom stereocenters. The Morgan fingerprint density at radius 1 is 1.14 bits per heavy atom. The number of pyridine rings is 1. The van der Waals surface area contributed by atoms with Crippen LogP contribution in [0.1, 0.15) is 47.3 Å². The maximum atomic E-state index is 12.9. The number of hydrogen-bond donors (Lipinski definition) is 0. The van der Waals surface area contributed by atoms with Crippen molar-refractivity contribution in [1.29, 1.82) is 0 Å². The largest absolute Gasteiger partial charge is 0.468 e. The first kappa shape index (κ1) is 25.7. The first-order valence-corrected chi connectivity index (χ1v) is 12.8. The summed E-state index contributed by atoms with van der Waals surface area (Å²) >= 11 is 0. The molecule has 0 N–H and O–H groups in total. The number of fused-ring (bicyclic) bond motifs is 2. The van der Waals surface area contributed by atoms with Gasteiger partial charge in [0.05, 0.1) is 18.2 Å². The lowest BCUT2D eigenvalue weighted by Crippen LogP contribution is -2.33. The molecule has 3 aromatic heterocycles. The molecule has 2 aliphatic heterocycles. The molecule has 0 spiro atoms. The Balaban J connectivity index is 1.05. The summed E-state index contributed by atoms with van der Waals surface area (Å²) in [5.41, 5.74) is 3.43. The lowest BCUT2D eigenvalue weighted by atomic mass is 9.91. The Hall–Kier alpha value is -2.98. The number of halogens is 3. The first-order valence-electron chi connectivity index (χ1n) is 12.8. The van der Waals surface area contributed by atoms with E-state index in [0.29, 0.717) is 25.0 Å². The normalized spacial score (nSPS) is 20.9. The Morgan fingerprint density at radius 2 is 2.00 bits per heavy atom. The highest BCUT2D eigenvalue weighted by atomic mass is 19.4. The molecule has 0 radical (unpaired) electrons. The van der Waals surface area contributed by atoms with E-state index in [9.17, 15) is 18.0 Å². The lowest BCUT2D eigenvalue weighted by Gasteiger charge is -2.30. The molecule has 0 bridgehead atoms. The molecule has 1 fully saturated rings. The van der Waals surface area contributed by atoms with Crippen molar-refractivity contribution in [3.8, 4) is 5.88 Å². The number of ketones is 1. The summed E-state index contributed by atoms with van der Waals surface area (Å²) in [4.78, 5) is 19.5.